The second-order valence-corrected chi connectivity index (χ2v) is 8.63. The van der Waals surface area contributed by atoms with Crippen molar-refractivity contribution in [2.45, 2.75) is 38.5 Å². The number of benzene rings is 1. The van der Waals surface area contributed by atoms with Crippen molar-refractivity contribution in [3.8, 4) is 0 Å². The van der Waals surface area contributed by atoms with E-state index in [0.717, 1.165) is 25.7 Å². The van der Waals surface area contributed by atoms with Crippen molar-refractivity contribution in [3.63, 3.8) is 0 Å². The summed E-state index contributed by atoms with van der Waals surface area (Å²) in [7, 11) is -3.26. The Morgan fingerprint density at radius 2 is 1.64 bits per heavy atom. The van der Waals surface area contributed by atoms with Gasteiger partial charge >= 0.3 is 0 Å². The number of rotatable bonds is 3. The molecule has 2 heterocycles. The van der Waals surface area contributed by atoms with E-state index < -0.39 is 10.2 Å². The number of hydrogen-bond acceptors (Lipinski definition) is 2. The molecule has 122 valence electrons. The lowest BCUT2D eigenvalue weighted by Crippen LogP contribution is -2.49. The highest BCUT2D eigenvalue weighted by Gasteiger charge is 2.34. The third-order valence-corrected chi connectivity index (χ3v) is 7.00. The highest BCUT2D eigenvalue weighted by Crippen LogP contribution is 2.30. The van der Waals surface area contributed by atoms with Crippen molar-refractivity contribution in [2.75, 3.05) is 26.2 Å². The lowest BCUT2D eigenvalue weighted by atomic mass is 9.90. The Kier molecular flexibility index (Phi) is 4.85. The van der Waals surface area contributed by atoms with E-state index in [1.807, 2.05) is 6.07 Å². The first-order valence-corrected chi connectivity index (χ1v) is 9.77. The zero-order chi connectivity index (χ0) is 15.6. The van der Waals surface area contributed by atoms with Crippen LogP contribution in [-0.4, -0.2) is 43.2 Å². The molecule has 2 saturated heterocycles. The van der Waals surface area contributed by atoms with Gasteiger partial charge in [0.05, 0.1) is 0 Å². The molecule has 0 radical (unpaired) electrons. The van der Waals surface area contributed by atoms with Crippen LogP contribution in [0.1, 0.15) is 44.1 Å². The minimum Gasteiger partial charge on any atom is -0.195 e. The van der Waals surface area contributed by atoms with Crippen LogP contribution in [-0.2, 0) is 10.2 Å². The van der Waals surface area contributed by atoms with E-state index in [4.69, 9.17) is 0 Å². The molecule has 1 unspecified atom stereocenters. The highest BCUT2D eigenvalue weighted by atomic mass is 32.2. The average molecular weight is 322 g/mol. The van der Waals surface area contributed by atoms with Crippen molar-refractivity contribution >= 4 is 10.2 Å². The summed E-state index contributed by atoms with van der Waals surface area (Å²) in [4.78, 5) is 0. The van der Waals surface area contributed by atoms with Gasteiger partial charge in [0.15, 0.2) is 0 Å². The van der Waals surface area contributed by atoms with E-state index in [0.29, 0.717) is 38.0 Å². The maximum absolute atomic E-state index is 12.8. The van der Waals surface area contributed by atoms with Gasteiger partial charge in [-0.05, 0) is 43.1 Å². The first-order chi connectivity index (χ1) is 10.6. The van der Waals surface area contributed by atoms with Crippen LogP contribution < -0.4 is 0 Å². The fourth-order valence-corrected chi connectivity index (χ4v) is 5.47. The molecule has 2 fully saturated rings. The Morgan fingerprint density at radius 1 is 0.955 bits per heavy atom. The van der Waals surface area contributed by atoms with Gasteiger partial charge < -0.3 is 0 Å². The third kappa shape index (κ3) is 3.36. The standard InChI is InChI=1S/C17H26N2O2S/c1-15-6-5-11-19(14-15)22(20,21)18-12-9-17(10-13-18)16-7-3-2-4-8-16/h2-4,7-8,15,17H,5-6,9-14H2,1H3. The Labute approximate surface area is 134 Å². The molecule has 0 saturated carbocycles. The molecule has 0 N–H and O–H groups in total. The van der Waals surface area contributed by atoms with Gasteiger partial charge in [0.25, 0.3) is 10.2 Å². The van der Waals surface area contributed by atoms with Gasteiger partial charge in [-0.25, -0.2) is 0 Å². The second kappa shape index (κ2) is 6.69. The predicted molar refractivity (Wildman–Crippen MR) is 88.9 cm³/mol. The zero-order valence-electron chi connectivity index (χ0n) is 13.3. The van der Waals surface area contributed by atoms with Gasteiger partial charge in [0.1, 0.15) is 0 Å². The van der Waals surface area contributed by atoms with Crippen molar-refractivity contribution in [1.82, 2.24) is 8.61 Å². The van der Waals surface area contributed by atoms with Crippen LogP contribution in [0.2, 0.25) is 0 Å². The van der Waals surface area contributed by atoms with Crippen LogP contribution in [0.15, 0.2) is 30.3 Å². The smallest absolute Gasteiger partial charge is 0.195 e. The normalized spacial score (nSPS) is 26.1. The van der Waals surface area contributed by atoms with Crippen LogP contribution in [0.3, 0.4) is 0 Å². The molecular formula is C17H26N2O2S. The lowest BCUT2D eigenvalue weighted by Gasteiger charge is -2.37. The summed E-state index contributed by atoms with van der Waals surface area (Å²) in [5, 5.41) is 0. The molecule has 3 rings (SSSR count). The number of piperidine rings is 2. The lowest BCUT2D eigenvalue weighted by molar-refractivity contribution is 0.242. The summed E-state index contributed by atoms with van der Waals surface area (Å²) in [6.45, 7) is 4.80. The zero-order valence-corrected chi connectivity index (χ0v) is 14.1. The Bertz CT molecular complexity index is 580. The SMILES string of the molecule is CC1CCCN(S(=O)(=O)N2CCC(c3ccccc3)CC2)C1. The van der Waals surface area contributed by atoms with Crippen molar-refractivity contribution in [2.24, 2.45) is 5.92 Å². The van der Waals surface area contributed by atoms with Crippen molar-refractivity contribution < 1.29 is 8.42 Å². The summed E-state index contributed by atoms with van der Waals surface area (Å²) in [6, 6.07) is 10.5. The molecule has 0 spiro atoms. The highest BCUT2D eigenvalue weighted by molar-refractivity contribution is 7.86. The molecule has 1 aromatic rings. The van der Waals surface area contributed by atoms with Crippen LogP contribution in [0, 0.1) is 5.92 Å². The first-order valence-electron chi connectivity index (χ1n) is 8.37. The van der Waals surface area contributed by atoms with E-state index in [-0.39, 0.29) is 0 Å². The average Bonchev–Trinajstić information content (AvgIpc) is 2.56. The quantitative estimate of drug-likeness (QED) is 0.858. The Hall–Kier alpha value is -0.910. The fraction of sp³-hybridized carbons (Fsp3) is 0.647. The Morgan fingerprint density at radius 3 is 2.27 bits per heavy atom. The number of nitrogens with zero attached hydrogens (tertiary/aromatic N) is 2. The van der Waals surface area contributed by atoms with E-state index in [1.54, 1.807) is 8.61 Å². The maximum atomic E-state index is 12.8. The second-order valence-electron chi connectivity index (χ2n) is 6.70. The molecule has 22 heavy (non-hydrogen) atoms. The van der Waals surface area contributed by atoms with Crippen LogP contribution in [0.25, 0.3) is 0 Å². The molecule has 0 aliphatic carbocycles. The molecule has 0 amide bonds. The minimum absolute atomic E-state index is 0.477. The first kappa shape index (κ1) is 16.0. The number of hydrogen-bond donors (Lipinski definition) is 0. The molecule has 2 aliphatic rings. The largest absolute Gasteiger partial charge is 0.281 e. The minimum atomic E-state index is -3.26. The van der Waals surface area contributed by atoms with Gasteiger partial charge in [-0.1, -0.05) is 37.3 Å². The summed E-state index contributed by atoms with van der Waals surface area (Å²) < 4.78 is 29.0. The van der Waals surface area contributed by atoms with Gasteiger partial charge in [-0.2, -0.15) is 17.0 Å². The van der Waals surface area contributed by atoms with Crippen LogP contribution in [0.4, 0.5) is 0 Å². The molecule has 1 atom stereocenters. The summed E-state index contributed by atoms with van der Waals surface area (Å²) >= 11 is 0. The maximum Gasteiger partial charge on any atom is 0.281 e. The Balaban J connectivity index is 1.63. The molecule has 0 aromatic heterocycles. The molecule has 0 bridgehead atoms. The van der Waals surface area contributed by atoms with E-state index in [1.165, 1.54) is 5.56 Å². The predicted octanol–water partition coefficient (Wildman–Crippen LogP) is 2.84. The summed E-state index contributed by atoms with van der Waals surface area (Å²) in [6.07, 6.45) is 3.97. The molecule has 4 nitrogen and oxygen atoms in total. The van der Waals surface area contributed by atoms with Gasteiger partial charge in [-0.15, -0.1) is 0 Å². The van der Waals surface area contributed by atoms with Crippen LogP contribution >= 0.6 is 0 Å². The van der Waals surface area contributed by atoms with Gasteiger partial charge in [0.2, 0.25) is 0 Å². The van der Waals surface area contributed by atoms with E-state index in [9.17, 15) is 8.42 Å². The molecule has 5 heteroatoms. The van der Waals surface area contributed by atoms with Crippen molar-refractivity contribution in [1.29, 1.82) is 0 Å². The topological polar surface area (TPSA) is 40.6 Å². The summed E-state index contributed by atoms with van der Waals surface area (Å²) in [5.74, 6) is 0.971. The fourth-order valence-electron chi connectivity index (χ4n) is 3.66. The molecule has 2 aliphatic heterocycles. The van der Waals surface area contributed by atoms with Crippen molar-refractivity contribution in [3.05, 3.63) is 35.9 Å². The van der Waals surface area contributed by atoms with Crippen LogP contribution in [0.5, 0.6) is 0 Å². The molecule has 1 aromatic carbocycles. The molecular weight excluding hydrogens is 296 g/mol. The van der Waals surface area contributed by atoms with Gasteiger partial charge in [0, 0.05) is 26.2 Å². The van der Waals surface area contributed by atoms with Gasteiger partial charge in [-0.3, -0.25) is 0 Å². The monoisotopic (exact) mass is 322 g/mol. The van der Waals surface area contributed by atoms with E-state index >= 15 is 0 Å². The summed E-state index contributed by atoms with van der Waals surface area (Å²) in [5.41, 5.74) is 1.34. The van der Waals surface area contributed by atoms with E-state index in [2.05, 4.69) is 31.2 Å². The third-order valence-electron chi connectivity index (χ3n) is 5.00.